The monoisotopic (exact) mass is 271 g/mol. The lowest BCUT2D eigenvalue weighted by molar-refractivity contribution is 0.966. The molecule has 0 aliphatic carbocycles. The van der Waals surface area contributed by atoms with Gasteiger partial charge in [0.25, 0.3) is 0 Å². The SMILES string of the molecule is CCCNc1ncnc(Nc2cc(C)ccc2C)c1N. The molecule has 0 radical (unpaired) electrons. The fourth-order valence-electron chi connectivity index (χ4n) is 1.88. The Labute approximate surface area is 119 Å². The van der Waals surface area contributed by atoms with Crippen LogP contribution >= 0.6 is 0 Å². The summed E-state index contributed by atoms with van der Waals surface area (Å²) in [6, 6.07) is 6.24. The Kier molecular flexibility index (Phi) is 4.40. The Balaban J connectivity index is 2.27. The first-order valence-electron chi connectivity index (χ1n) is 6.80. The van der Waals surface area contributed by atoms with Gasteiger partial charge in [-0.3, -0.25) is 0 Å². The van der Waals surface area contributed by atoms with Crippen LogP contribution in [-0.4, -0.2) is 16.5 Å². The zero-order valence-electron chi connectivity index (χ0n) is 12.2. The number of benzene rings is 1. The Morgan fingerprint density at radius 1 is 1.15 bits per heavy atom. The predicted octanol–water partition coefficient (Wildman–Crippen LogP) is 3.24. The lowest BCUT2D eigenvalue weighted by Gasteiger charge is -2.14. The Bertz CT molecular complexity index is 595. The van der Waals surface area contributed by atoms with Gasteiger partial charge in [0.2, 0.25) is 0 Å². The van der Waals surface area contributed by atoms with E-state index in [2.05, 4.69) is 59.6 Å². The molecule has 4 N–H and O–H groups in total. The van der Waals surface area contributed by atoms with Gasteiger partial charge in [-0.15, -0.1) is 0 Å². The van der Waals surface area contributed by atoms with E-state index in [1.807, 2.05) is 0 Å². The van der Waals surface area contributed by atoms with Crippen molar-refractivity contribution in [2.24, 2.45) is 0 Å². The molecule has 20 heavy (non-hydrogen) atoms. The summed E-state index contributed by atoms with van der Waals surface area (Å²) in [5.74, 6) is 1.31. The van der Waals surface area contributed by atoms with E-state index < -0.39 is 0 Å². The van der Waals surface area contributed by atoms with Crippen molar-refractivity contribution in [3.63, 3.8) is 0 Å². The van der Waals surface area contributed by atoms with Gasteiger partial charge < -0.3 is 16.4 Å². The van der Waals surface area contributed by atoms with Crippen LogP contribution in [0, 0.1) is 13.8 Å². The van der Waals surface area contributed by atoms with Gasteiger partial charge in [0.1, 0.15) is 12.0 Å². The van der Waals surface area contributed by atoms with Gasteiger partial charge in [-0.05, 0) is 37.5 Å². The maximum atomic E-state index is 6.11. The van der Waals surface area contributed by atoms with Crippen LogP contribution in [0.5, 0.6) is 0 Å². The lowest BCUT2D eigenvalue weighted by Crippen LogP contribution is -2.08. The summed E-state index contributed by atoms with van der Waals surface area (Å²) in [4.78, 5) is 8.40. The maximum absolute atomic E-state index is 6.11. The number of aromatic nitrogens is 2. The number of hydrogen-bond acceptors (Lipinski definition) is 5. The minimum Gasteiger partial charge on any atom is -0.393 e. The highest BCUT2D eigenvalue weighted by molar-refractivity contribution is 5.78. The van der Waals surface area contributed by atoms with Gasteiger partial charge >= 0.3 is 0 Å². The van der Waals surface area contributed by atoms with Crippen LogP contribution in [0.3, 0.4) is 0 Å². The van der Waals surface area contributed by atoms with Crippen molar-refractivity contribution >= 4 is 23.0 Å². The summed E-state index contributed by atoms with van der Waals surface area (Å²) in [6.45, 7) is 7.04. The van der Waals surface area contributed by atoms with E-state index >= 15 is 0 Å². The predicted molar refractivity (Wildman–Crippen MR) is 84.4 cm³/mol. The molecule has 0 atom stereocenters. The molecule has 1 aromatic heterocycles. The van der Waals surface area contributed by atoms with Crippen molar-refractivity contribution in [3.05, 3.63) is 35.7 Å². The number of nitrogen functional groups attached to an aromatic ring is 1. The average Bonchev–Trinajstić information content (AvgIpc) is 2.44. The number of nitrogens with two attached hydrogens (primary N) is 1. The average molecular weight is 271 g/mol. The summed E-state index contributed by atoms with van der Waals surface area (Å²) in [6.07, 6.45) is 2.53. The van der Waals surface area contributed by atoms with Crippen LogP contribution < -0.4 is 16.4 Å². The van der Waals surface area contributed by atoms with Crippen LogP contribution in [0.4, 0.5) is 23.0 Å². The fourth-order valence-corrected chi connectivity index (χ4v) is 1.88. The lowest BCUT2D eigenvalue weighted by atomic mass is 10.1. The molecule has 0 fully saturated rings. The van der Waals surface area contributed by atoms with Crippen molar-refractivity contribution in [3.8, 4) is 0 Å². The van der Waals surface area contributed by atoms with Crippen LogP contribution in [0.1, 0.15) is 24.5 Å². The van der Waals surface area contributed by atoms with E-state index in [1.54, 1.807) is 0 Å². The number of rotatable bonds is 5. The summed E-state index contributed by atoms with van der Waals surface area (Å²) < 4.78 is 0. The molecule has 5 nitrogen and oxygen atoms in total. The van der Waals surface area contributed by atoms with E-state index in [-0.39, 0.29) is 0 Å². The molecule has 0 amide bonds. The van der Waals surface area contributed by atoms with E-state index in [1.165, 1.54) is 11.9 Å². The third-order valence-electron chi connectivity index (χ3n) is 3.07. The molecule has 0 unspecified atom stereocenters. The summed E-state index contributed by atoms with van der Waals surface area (Å²) in [5, 5.41) is 6.48. The normalized spacial score (nSPS) is 10.3. The topological polar surface area (TPSA) is 75.9 Å². The second kappa shape index (κ2) is 6.23. The molecule has 5 heteroatoms. The molecule has 1 aromatic carbocycles. The van der Waals surface area contributed by atoms with Crippen LogP contribution in [0.25, 0.3) is 0 Å². The Morgan fingerprint density at radius 3 is 2.65 bits per heavy atom. The first-order valence-corrected chi connectivity index (χ1v) is 6.80. The summed E-state index contributed by atoms with van der Waals surface area (Å²) in [5.41, 5.74) is 10.0. The Morgan fingerprint density at radius 2 is 1.90 bits per heavy atom. The highest BCUT2D eigenvalue weighted by Crippen LogP contribution is 2.27. The molecule has 1 heterocycles. The highest BCUT2D eigenvalue weighted by Gasteiger charge is 2.09. The fraction of sp³-hybridized carbons (Fsp3) is 0.333. The minimum absolute atomic E-state index is 0.543. The van der Waals surface area contributed by atoms with Gasteiger partial charge in [-0.25, -0.2) is 9.97 Å². The van der Waals surface area contributed by atoms with Gasteiger partial charge in [-0.1, -0.05) is 19.1 Å². The second-order valence-electron chi connectivity index (χ2n) is 4.85. The number of nitrogens with zero attached hydrogens (tertiary/aromatic N) is 2. The zero-order valence-corrected chi connectivity index (χ0v) is 12.2. The molecule has 0 saturated heterocycles. The number of anilines is 4. The molecule has 0 spiro atoms. The van der Waals surface area contributed by atoms with E-state index in [4.69, 9.17) is 5.73 Å². The van der Waals surface area contributed by atoms with Gasteiger partial charge in [0, 0.05) is 12.2 Å². The molecular formula is C15H21N5. The second-order valence-corrected chi connectivity index (χ2v) is 4.85. The van der Waals surface area contributed by atoms with Gasteiger partial charge in [0.15, 0.2) is 11.6 Å². The third-order valence-corrected chi connectivity index (χ3v) is 3.07. The zero-order chi connectivity index (χ0) is 14.5. The third kappa shape index (κ3) is 3.17. The summed E-state index contributed by atoms with van der Waals surface area (Å²) >= 11 is 0. The number of aryl methyl sites for hydroxylation is 2. The standard InChI is InChI=1S/C15H21N5/c1-4-7-17-14-13(16)15(19-9-18-14)20-12-8-10(2)5-6-11(12)3/h5-6,8-9H,4,7,16H2,1-3H3,(H2,17,18,19,20). The van der Waals surface area contributed by atoms with Crippen molar-refractivity contribution in [2.45, 2.75) is 27.2 Å². The largest absolute Gasteiger partial charge is 0.393 e. The van der Waals surface area contributed by atoms with E-state index in [0.29, 0.717) is 17.3 Å². The van der Waals surface area contributed by atoms with Crippen molar-refractivity contribution in [1.29, 1.82) is 0 Å². The van der Waals surface area contributed by atoms with Crippen molar-refractivity contribution in [2.75, 3.05) is 22.9 Å². The Hall–Kier alpha value is -2.30. The van der Waals surface area contributed by atoms with Crippen LogP contribution in [0.2, 0.25) is 0 Å². The van der Waals surface area contributed by atoms with Crippen molar-refractivity contribution in [1.82, 2.24) is 9.97 Å². The molecule has 0 aliphatic rings. The molecular weight excluding hydrogens is 250 g/mol. The first-order chi connectivity index (χ1) is 9.61. The first kappa shape index (κ1) is 14.1. The molecule has 0 bridgehead atoms. The van der Waals surface area contributed by atoms with Crippen molar-refractivity contribution < 1.29 is 0 Å². The van der Waals surface area contributed by atoms with Gasteiger partial charge in [-0.2, -0.15) is 0 Å². The van der Waals surface area contributed by atoms with Crippen LogP contribution in [-0.2, 0) is 0 Å². The smallest absolute Gasteiger partial charge is 0.159 e. The van der Waals surface area contributed by atoms with Crippen LogP contribution in [0.15, 0.2) is 24.5 Å². The molecule has 2 aromatic rings. The highest BCUT2D eigenvalue weighted by atomic mass is 15.1. The van der Waals surface area contributed by atoms with E-state index in [9.17, 15) is 0 Å². The quantitative estimate of drug-likeness (QED) is 0.778. The van der Waals surface area contributed by atoms with Gasteiger partial charge in [0.05, 0.1) is 0 Å². The maximum Gasteiger partial charge on any atom is 0.159 e. The minimum atomic E-state index is 0.543. The summed E-state index contributed by atoms with van der Waals surface area (Å²) in [7, 11) is 0. The molecule has 106 valence electrons. The molecule has 0 saturated carbocycles. The number of nitrogens with one attached hydrogen (secondary N) is 2. The van der Waals surface area contributed by atoms with E-state index in [0.717, 1.165) is 24.2 Å². The molecule has 2 rings (SSSR count). The number of hydrogen-bond donors (Lipinski definition) is 3. The molecule has 0 aliphatic heterocycles.